The van der Waals surface area contributed by atoms with Crippen LogP contribution in [0.25, 0.3) is 0 Å². The van der Waals surface area contributed by atoms with Crippen LogP contribution in [0.15, 0.2) is 29.2 Å². The van der Waals surface area contributed by atoms with Crippen molar-refractivity contribution in [1.82, 2.24) is 4.90 Å². The van der Waals surface area contributed by atoms with E-state index in [0.29, 0.717) is 6.54 Å². The van der Waals surface area contributed by atoms with Crippen molar-refractivity contribution in [2.24, 2.45) is 0 Å². The number of methoxy groups -OCH3 is 1. The van der Waals surface area contributed by atoms with Gasteiger partial charge in [0.15, 0.2) is 0 Å². The van der Waals surface area contributed by atoms with Gasteiger partial charge in [0.2, 0.25) is 5.91 Å². The van der Waals surface area contributed by atoms with Gasteiger partial charge >= 0.3 is 0 Å². The van der Waals surface area contributed by atoms with Crippen molar-refractivity contribution in [2.45, 2.75) is 35.9 Å². The number of nitrogens with zero attached hydrogens (tertiary/aromatic N) is 2. The molecule has 3 aliphatic heterocycles. The lowest BCUT2D eigenvalue weighted by molar-refractivity contribution is -0.147. The third-order valence-electron chi connectivity index (χ3n) is 5.59. The van der Waals surface area contributed by atoms with Gasteiger partial charge in [0.25, 0.3) is 0 Å². The molecule has 5 nitrogen and oxygen atoms in total. The quantitative estimate of drug-likeness (QED) is 0.826. The van der Waals surface area contributed by atoms with Crippen molar-refractivity contribution < 1.29 is 14.3 Å². The van der Waals surface area contributed by atoms with Gasteiger partial charge < -0.3 is 14.4 Å². The Labute approximate surface area is 153 Å². The van der Waals surface area contributed by atoms with Gasteiger partial charge in [0.1, 0.15) is 5.60 Å². The second-order valence-corrected chi connectivity index (χ2v) is 8.24. The molecule has 4 rings (SSSR count). The van der Waals surface area contributed by atoms with Crippen molar-refractivity contribution in [3.05, 3.63) is 24.3 Å². The molecule has 0 N–H and O–H groups in total. The fourth-order valence-electron chi connectivity index (χ4n) is 4.39. The maximum Gasteiger partial charge on any atom is 0.241 e. The third kappa shape index (κ3) is 3.33. The molecule has 2 fully saturated rings. The molecule has 3 heterocycles. The van der Waals surface area contributed by atoms with Gasteiger partial charge in [-0.05, 0) is 31.4 Å². The number of anilines is 1. The zero-order chi connectivity index (χ0) is 17.3. The lowest BCUT2D eigenvalue weighted by Crippen LogP contribution is -2.58. The smallest absolute Gasteiger partial charge is 0.241 e. The van der Waals surface area contributed by atoms with E-state index < -0.39 is 0 Å². The van der Waals surface area contributed by atoms with Gasteiger partial charge in [-0.15, -0.1) is 11.8 Å². The second kappa shape index (κ2) is 7.27. The minimum Gasteiger partial charge on any atom is -0.378 e. The Hall–Kier alpha value is -1.08. The van der Waals surface area contributed by atoms with Gasteiger partial charge in [-0.25, -0.2) is 0 Å². The minimum absolute atomic E-state index is 0.147. The zero-order valence-corrected chi connectivity index (χ0v) is 15.6. The number of ether oxygens (including phenoxy) is 2. The summed E-state index contributed by atoms with van der Waals surface area (Å²) in [6.45, 7) is 3.73. The number of carbonyl (C=O) groups is 1. The Kier molecular flexibility index (Phi) is 5.04. The number of para-hydroxylation sites is 1. The lowest BCUT2D eigenvalue weighted by atomic mass is 9.87. The molecular weight excluding hydrogens is 336 g/mol. The maximum absolute atomic E-state index is 13.0. The molecule has 136 valence electrons. The largest absolute Gasteiger partial charge is 0.378 e. The molecule has 0 saturated carbocycles. The Balaban J connectivity index is 1.45. The highest BCUT2D eigenvalue weighted by molar-refractivity contribution is 7.99. The van der Waals surface area contributed by atoms with E-state index in [1.807, 2.05) is 28.8 Å². The zero-order valence-electron chi connectivity index (χ0n) is 14.8. The first-order valence-corrected chi connectivity index (χ1v) is 10.1. The first-order valence-electron chi connectivity index (χ1n) is 9.13. The monoisotopic (exact) mass is 362 g/mol. The van der Waals surface area contributed by atoms with Crippen molar-refractivity contribution in [3.63, 3.8) is 0 Å². The summed E-state index contributed by atoms with van der Waals surface area (Å²) < 4.78 is 11.8. The first-order chi connectivity index (χ1) is 12.2. The highest BCUT2D eigenvalue weighted by Gasteiger charge is 2.47. The summed E-state index contributed by atoms with van der Waals surface area (Å²) in [6, 6.07) is 8.20. The summed E-state index contributed by atoms with van der Waals surface area (Å²) in [5, 5.41) is 0. The maximum atomic E-state index is 13.0. The molecule has 0 radical (unpaired) electrons. The summed E-state index contributed by atoms with van der Waals surface area (Å²) in [5.41, 5.74) is 0.838. The molecule has 1 amide bonds. The number of hydrogen-bond acceptors (Lipinski definition) is 5. The van der Waals surface area contributed by atoms with E-state index in [1.165, 1.54) is 4.90 Å². The fourth-order valence-corrected chi connectivity index (χ4v) is 5.39. The van der Waals surface area contributed by atoms with E-state index in [2.05, 4.69) is 17.0 Å². The summed E-state index contributed by atoms with van der Waals surface area (Å²) in [5.74, 6) is 1.15. The van der Waals surface area contributed by atoms with Crippen LogP contribution in [0, 0.1) is 0 Å². The topological polar surface area (TPSA) is 42.0 Å². The van der Waals surface area contributed by atoms with Crippen molar-refractivity contribution >= 4 is 23.4 Å². The Morgan fingerprint density at radius 3 is 3.08 bits per heavy atom. The van der Waals surface area contributed by atoms with Crippen LogP contribution in [0.3, 0.4) is 0 Å². The second-order valence-electron chi connectivity index (χ2n) is 7.10. The van der Waals surface area contributed by atoms with E-state index in [-0.39, 0.29) is 17.6 Å². The van der Waals surface area contributed by atoms with Crippen LogP contribution in [-0.2, 0) is 14.3 Å². The van der Waals surface area contributed by atoms with Crippen LogP contribution >= 0.6 is 11.8 Å². The molecule has 0 bridgehead atoms. The number of amides is 1. The van der Waals surface area contributed by atoms with Crippen LogP contribution in [0.5, 0.6) is 0 Å². The van der Waals surface area contributed by atoms with E-state index in [1.54, 1.807) is 7.11 Å². The number of thioether (sulfide) groups is 1. The first kappa shape index (κ1) is 17.3. The number of fused-ring (bicyclic) bond motifs is 1. The lowest BCUT2D eigenvalue weighted by Gasteiger charge is -2.45. The molecule has 0 aliphatic carbocycles. The molecule has 2 saturated heterocycles. The van der Waals surface area contributed by atoms with E-state index >= 15 is 0 Å². The van der Waals surface area contributed by atoms with Crippen LogP contribution in [-0.4, -0.2) is 68.2 Å². The minimum atomic E-state index is -0.219. The molecule has 1 spiro atoms. The van der Waals surface area contributed by atoms with Crippen LogP contribution in [0.2, 0.25) is 0 Å². The fraction of sp³-hybridized carbons (Fsp3) is 0.632. The molecule has 1 aromatic carbocycles. The SMILES string of the molecule is CO[C@H]1CCN(CC(=O)N2CCSc3ccccc32)C[C@]12CCCO2. The Morgan fingerprint density at radius 2 is 2.28 bits per heavy atom. The van der Waals surface area contributed by atoms with E-state index in [9.17, 15) is 4.79 Å². The predicted octanol–water partition coefficient (Wildman–Crippen LogP) is 2.40. The summed E-state index contributed by atoms with van der Waals surface area (Å²) >= 11 is 1.83. The van der Waals surface area contributed by atoms with Gasteiger partial charge in [-0.3, -0.25) is 9.69 Å². The number of rotatable bonds is 3. The Bertz CT molecular complexity index is 633. The highest BCUT2D eigenvalue weighted by atomic mass is 32.2. The average molecular weight is 362 g/mol. The van der Waals surface area contributed by atoms with E-state index in [0.717, 1.165) is 56.9 Å². The molecule has 6 heteroatoms. The molecule has 25 heavy (non-hydrogen) atoms. The van der Waals surface area contributed by atoms with Gasteiger partial charge in [-0.2, -0.15) is 0 Å². The molecule has 3 aliphatic rings. The normalized spacial score (nSPS) is 29.8. The number of likely N-dealkylation sites (tertiary alicyclic amines) is 1. The van der Waals surface area contributed by atoms with Gasteiger partial charge in [-0.1, -0.05) is 12.1 Å². The number of piperidine rings is 1. The summed E-state index contributed by atoms with van der Waals surface area (Å²) in [6.07, 6.45) is 3.18. The van der Waals surface area contributed by atoms with E-state index in [4.69, 9.17) is 9.47 Å². The highest BCUT2D eigenvalue weighted by Crippen LogP contribution is 2.37. The third-order valence-corrected chi connectivity index (χ3v) is 6.64. The number of benzene rings is 1. The van der Waals surface area contributed by atoms with Crippen molar-refractivity contribution in [3.8, 4) is 0 Å². The molecule has 1 aromatic rings. The van der Waals surface area contributed by atoms with Crippen LogP contribution in [0.1, 0.15) is 19.3 Å². The molecular formula is C19H26N2O3S. The standard InChI is InChI=1S/C19H26N2O3S/c1-23-17-7-9-20(14-19(17)8-4-11-24-19)13-18(22)21-10-12-25-16-6-3-2-5-15(16)21/h2-3,5-6,17H,4,7-14H2,1H3/t17-,19+/m0/s1. The van der Waals surface area contributed by atoms with Crippen LogP contribution < -0.4 is 4.90 Å². The van der Waals surface area contributed by atoms with Gasteiger partial charge in [0, 0.05) is 44.0 Å². The Morgan fingerprint density at radius 1 is 1.40 bits per heavy atom. The van der Waals surface area contributed by atoms with Crippen molar-refractivity contribution in [2.75, 3.05) is 50.5 Å². The molecule has 0 aromatic heterocycles. The average Bonchev–Trinajstić information content (AvgIpc) is 3.10. The summed E-state index contributed by atoms with van der Waals surface area (Å²) in [7, 11) is 1.78. The van der Waals surface area contributed by atoms with Crippen LogP contribution in [0.4, 0.5) is 5.69 Å². The van der Waals surface area contributed by atoms with Gasteiger partial charge in [0.05, 0.1) is 18.3 Å². The predicted molar refractivity (Wildman–Crippen MR) is 99.3 cm³/mol. The molecule has 0 unspecified atom stereocenters. The molecule has 2 atom stereocenters. The van der Waals surface area contributed by atoms with Crippen molar-refractivity contribution in [1.29, 1.82) is 0 Å². The number of hydrogen-bond donors (Lipinski definition) is 0. The number of carbonyl (C=O) groups excluding carboxylic acids is 1. The summed E-state index contributed by atoms with van der Waals surface area (Å²) in [4.78, 5) is 18.4.